The second-order valence-corrected chi connectivity index (χ2v) is 15.2. The van der Waals surface area contributed by atoms with Crippen LogP contribution in [0.3, 0.4) is 0 Å². The third-order valence-electron chi connectivity index (χ3n) is 11.5. The van der Waals surface area contributed by atoms with Crippen molar-refractivity contribution in [3.63, 3.8) is 0 Å². The molecule has 5 heteroatoms. The molecule has 0 amide bonds. The van der Waals surface area contributed by atoms with Gasteiger partial charge in [-0.3, -0.25) is 0 Å². The number of nitrogens with zero attached hydrogens (tertiary/aromatic N) is 4. The smallest absolute Gasteiger partial charge is 0.167 e. The number of fused-ring (bicyclic) bond motifs is 6. The van der Waals surface area contributed by atoms with Gasteiger partial charge in [-0.05, 0) is 75.8 Å². The van der Waals surface area contributed by atoms with Gasteiger partial charge in [0.1, 0.15) is 11.2 Å². The molecule has 5 nitrogen and oxygen atoms in total. The Bertz CT molecular complexity index is 3840. The normalized spacial score (nSPS) is 12.7. The zero-order chi connectivity index (χ0) is 45.3. The number of benzene rings is 9. The molecule has 0 aliphatic carbocycles. The van der Waals surface area contributed by atoms with E-state index >= 15 is 0 Å². The summed E-state index contributed by atoms with van der Waals surface area (Å²) in [6, 6.07) is 61.4. The maximum Gasteiger partial charge on any atom is 0.167 e. The maximum atomic E-state index is 9.01. The van der Waals surface area contributed by atoms with Crippen LogP contribution in [-0.4, -0.2) is 19.5 Å². The summed E-state index contributed by atoms with van der Waals surface area (Å²) in [5, 5.41) is 3.92. The van der Waals surface area contributed by atoms with Crippen molar-refractivity contribution in [1.29, 1.82) is 0 Å². The number of hydrogen-bond donors (Lipinski definition) is 0. The van der Waals surface area contributed by atoms with Crippen LogP contribution >= 0.6 is 0 Å². The molecule has 0 fully saturated rings. The molecule has 12 rings (SSSR count). The van der Waals surface area contributed by atoms with Crippen LogP contribution < -0.4 is 0 Å². The first kappa shape index (κ1) is 30.6. The molecule has 62 heavy (non-hydrogen) atoms. The summed E-state index contributed by atoms with van der Waals surface area (Å²) in [6.45, 7) is 0. The first-order valence-electron chi connectivity index (χ1n) is 22.9. The molecule has 0 saturated heterocycles. The molecule has 0 aliphatic rings. The third-order valence-corrected chi connectivity index (χ3v) is 11.5. The Morgan fingerprint density at radius 2 is 0.887 bits per heavy atom. The van der Waals surface area contributed by atoms with Crippen molar-refractivity contribution in [2.75, 3.05) is 0 Å². The lowest BCUT2D eigenvalue weighted by molar-refractivity contribution is 0.669. The van der Waals surface area contributed by atoms with Crippen molar-refractivity contribution in [2.45, 2.75) is 0 Å². The van der Waals surface area contributed by atoms with Gasteiger partial charge in [-0.15, -0.1) is 0 Å². The highest BCUT2D eigenvalue weighted by Crippen LogP contribution is 2.42. The van der Waals surface area contributed by atoms with E-state index in [0.717, 1.165) is 71.6 Å². The third kappa shape index (κ3) is 6.14. The molecule has 0 aliphatic heterocycles. The second-order valence-electron chi connectivity index (χ2n) is 15.2. The molecule has 290 valence electrons. The highest BCUT2D eigenvalue weighted by molar-refractivity contribution is 6.13. The van der Waals surface area contributed by atoms with Gasteiger partial charge in [-0.25, -0.2) is 15.0 Å². The van der Waals surface area contributed by atoms with E-state index in [4.69, 9.17) is 26.2 Å². The molecule has 0 spiro atoms. The summed E-state index contributed by atoms with van der Waals surface area (Å²) >= 11 is 0. The standard InChI is InChI=1S/C57H36N4O/c1-4-15-37(16-5-1)39-27-29-40(30-28-39)43-31-32-48-49-35-45(61-51-25-12-10-23-46(51)47-24-11-13-26-52(47)61)36-50(54(49)62-53(48)34-43)57-59-55(41-19-8-3-9-20-41)58-56(60-57)44-22-14-21-42(33-44)38-17-6-2-7-18-38/h1-36H/i3D,8D,9D,19D,20D. The van der Waals surface area contributed by atoms with Crippen LogP contribution in [0.4, 0.5) is 0 Å². The van der Waals surface area contributed by atoms with Crippen LogP contribution in [0.2, 0.25) is 0 Å². The Morgan fingerprint density at radius 1 is 0.371 bits per heavy atom. The maximum absolute atomic E-state index is 9.01. The van der Waals surface area contributed by atoms with Gasteiger partial charge >= 0.3 is 0 Å². The zero-order valence-corrected chi connectivity index (χ0v) is 33.1. The van der Waals surface area contributed by atoms with E-state index < -0.39 is 30.2 Å². The topological polar surface area (TPSA) is 56.7 Å². The average molecular weight is 798 g/mol. The molecule has 0 saturated carbocycles. The van der Waals surface area contributed by atoms with Gasteiger partial charge in [0.15, 0.2) is 17.5 Å². The summed E-state index contributed by atoms with van der Waals surface area (Å²) in [5.41, 5.74) is 11.3. The quantitative estimate of drug-likeness (QED) is 0.161. The fourth-order valence-corrected chi connectivity index (χ4v) is 8.59. The van der Waals surface area contributed by atoms with Gasteiger partial charge in [0.25, 0.3) is 0 Å². The summed E-state index contributed by atoms with van der Waals surface area (Å²) < 4.78 is 52.7. The van der Waals surface area contributed by atoms with Crippen molar-refractivity contribution in [3.05, 3.63) is 218 Å². The van der Waals surface area contributed by atoms with Gasteiger partial charge in [0, 0.05) is 38.4 Å². The van der Waals surface area contributed by atoms with E-state index in [0.29, 0.717) is 22.3 Å². The van der Waals surface area contributed by atoms with Crippen LogP contribution in [0.1, 0.15) is 6.85 Å². The van der Waals surface area contributed by atoms with Crippen LogP contribution in [0.5, 0.6) is 0 Å². The first-order chi connectivity index (χ1) is 32.8. The Morgan fingerprint density at radius 3 is 1.58 bits per heavy atom. The van der Waals surface area contributed by atoms with E-state index in [2.05, 4.69) is 89.5 Å². The predicted octanol–water partition coefficient (Wildman–Crippen LogP) is 14.9. The predicted molar refractivity (Wildman–Crippen MR) is 254 cm³/mol. The minimum absolute atomic E-state index is 0.0603. The number of aromatic nitrogens is 4. The molecule has 9 aromatic carbocycles. The number of para-hydroxylation sites is 2. The van der Waals surface area contributed by atoms with Gasteiger partial charge in [0.2, 0.25) is 0 Å². The van der Waals surface area contributed by atoms with E-state index in [1.807, 2.05) is 103 Å². The van der Waals surface area contributed by atoms with Crippen LogP contribution in [0, 0.1) is 0 Å². The monoisotopic (exact) mass is 797 g/mol. The fraction of sp³-hybridized carbons (Fsp3) is 0. The lowest BCUT2D eigenvalue weighted by Gasteiger charge is -2.13. The SMILES string of the molecule is [2H]c1c([2H])c([2H])c(-c2nc(-c3cccc(-c4ccccc4)c3)nc(-c3cc(-n4c5ccccc5c5ccccc54)cc4c3oc3cc(-c5ccc(-c6ccccc6)cc5)ccc34)n2)c([2H])c1[2H]. The summed E-state index contributed by atoms with van der Waals surface area (Å²) in [6.07, 6.45) is 0. The van der Waals surface area contributed by atoms with Gasteiger partial charge in [-0.2, -0.15) is 0 Å². The minimum atomic E-state index is -0.502. The molecular formula is C57H36N4O. The number of furan rings is 1. The molecule has 3 aromatic heterocycles. The highest BCUT2D eigenvalue weighted by Gasteiger charge is 2.22. The van der Waals surface area contributed by atoms with E-state index in [-0.39, 0.29) is 23.0 Å². The lowest BCUT2D eigenvalue weighted by Crippen LogP contribution is -2.01. The molecule has 0 N–H and O–H groups in total. The van der Waals surface area contributed by atoms with E-state index in [1.54, 1.807) is 0 Å². The summed E-state index contributed by atoms with van der Waals surface area (Å²) in [5.74, 6) is 0.410. The lowest BCUT2D eigenvalue weighted by atomic mass is 9.99. The number of rotatable bonds is 7. The fourth-order valence-electron chi connectivity index (χ4n) is 8.59. The van der Waals surface area contributed by atoms with Crippen molar-refractivity contribution >= 4 is 43.7 Å². The van der Waals surface area contributed by atoms with Gasteiger partial charge in [-0.1, -0.05) is 176 Å². The molecule has 0 atom stereocenters. The highest BCUT2D eigenvalue weighted by atomic mass is 16.3. The number of hydrogen-bond acceptors (Lipinski definition) is 4. The Kier molecular flexibility index (Phi) is 7.25. The second kappa shape index (κ2) is 14.7. The molecule has 3 heterocycles. The first-order valence-corrected chi connectivity index (χ1v) is 20.4. The van der Waals surface area contributed by atoms with Crippen molar-refractivity contribution < 1.29 is 11.3 Å². The van der Waals surface area contributed by atoms with Crippen LogP contribution in [0.15, 0.2) is 223 Å². The Labute approximate surface area is 364 Å². The van der Waals surface area contributed by atoms with Crippen LogP contribution in [-0.2, 0) is 0 Å². The van der Waals surface area contributed by atoms with Crippen LogP contribution in [0.25, 0.3) is 117 Å². The molecule has 0 unspecified atom stereocenters. The van der Waals surface area contributed by atoms with Gasteiger partial charge < -0.3 is 8.98 Å². The molecular weight excluding hydrogens is 757 g/mol. The Hall–Kier alpha value is -8.41. The zero-order valence-electron chi connectivity index (χ0n) is 38.1. The van der Waals surface area contributed by atoms with E-state index in [9.17, 15) is 0 Å². The Balaban J connectivity index is 1.13. The molecule has 0 radical (unpaired) electrons. The van der Waals surface area contributed by atoms with Gasteiger partial charge in [0.05, 0.1) is 23.5 Å². The summed E-state index contributed by atoms with van der Waals surface area (Å²) in [7, 11) is 0. The molecule has 0 bridgehead atoms. The average Bonchev–Trinajstić information content (AvgIpc) is 3.93. The largest absolute Gasteiger partial charge is 0.455 e. The van der Waals surface area contributed by atoms with E-state index in [1.165, 1.54) is 0 Å². The van der Waals surface area contributed by atoms with Crippen molar-refractivity contribution in [3.8, 4) is 73.2 Å². The van der Waals surface area contributed by atoms with Crippen molar-refractivity contribution in [2.24, 2.45) is 0 Å². The minimum Gasteiger partial charge on any atom is -0.455 e. The summed E-state index contributed by atoms with van der Waals surface area (Å²) in [4.78, 5) is 15.1. The van der Waals surface area contributed by atoms with Crippen molar-refractivity contribution in [1.82, 2.24) is 19.5 Å². The molecule has 12 aromatic rings.